The van der Waals surface area contributed by atoms with Crippen LogP contribution < -0.4 is 5.32 Å². The van der Waals surface area contributed by atoms with Gasteiger partial charge in [0, 0.05) is 11.9 Å². The lowest BCUT2D eigenvalue weighted by Crippen LogP contribution is -2.10. The first-order valence-electron chi connectivity index (χ1n) is 4.13. The summed E-state index contributed by atoms with van der Waals surface area (Å²) >= 11 is 0. The predicted molar refractivity (Wildman–Crippen MR) is 43.3 cm³/mol. The highest BCUT2D eigenvalue weighted by atomic mass is 14.9. The number of hydrogen-bond donors (Lipinski definition) is 2. The Hall–Kier alpha value is -0.830. The van der Waals surface area contributed by atoms with E-state index in [1.807, 2.05) is 6.20 Å². The van der Waals surface area contributed by atoms with Crippen LogP contribution in [0.25, 0.3) is 0 Å². The molecule has 0 radical (unpaired) electrons. The van der Waals surface area contributed by atoms with Gasteiger partial charge in [-0.15, -0.1) is 0 Å². The van der Waals surface area contributed by atoms with Crippen molar-refractivity contribution in [3.63, 3.8) is 0 Å². The zero-order chi connectivity index (χ0) is 7.52. The fourth-order valence-electron chi connectivity index (χ4n) is 1.60. The fourth-order valence-corrected chi connectivity index (χ4v) is 1.60. The van der Waals surface area contributed by atoms with Crippen molar-refractivity contribution in [2.24, 2.45) is 5.92 Å². The van der Waals surface area contributed by atoms with Gasteiger partial charge in [-0.2, -0.15) is 0 Å². The van der Waals surface area contributed by atoms with Crippen LogP contribution in [-0.2, 0) is 6.42 Å². The monoisotopic (exact) mass is 151 g/mol. The molecule has 1 saturated heterocycles. The highest BCUT2D eigenvalue weighted by Gasteiger charge is 2.14. The molecule has 1 unspecified atom stereocenters. The zero-order valence-electron chi connectivity index (χ0n) is 6.51. The van der Waals surface area contributed by atoms with Gasteiger partial charge in [-0.25, -0.2) is 4.98 Å². The van der Waals surface area contributed by atoms with Crippen molar-refractivity contribution in [1.29, 1.82) is 0 Å². The summed E-state index contributed by atoms with van der Waals surface area (Å²) < 4.78 is 0. The van der Waals surface area contributed by atoms with E-state index in [-0.39, 0.29) is 0 Å². The maximum Gasteiger partial charge on any atom is 0.0921 e. The van der Waals surface area contributed by atoms with Crippen molar-refractivity contribution >= 4 is 0 Å². The van der Waals surface area contributed by atoms with Gasteiger partial charge in [0.1, 0.15) is 0 Å². The number of H-pyrrole nitrogens is 1. The number of imidazole rings is 1. The van der Waals surface area contributed by atoms with Crippen LogP contribution in [0, 0.1) is 5.92 Å². The largest absolute Gasteiger partial charge is 0.348 e. The molecule has 1 aliphatic rings. The average molecular weight is 151 g/mol. The Kier molecular flexibility index (Phi) is 1.90. The summed E-state index contributed by atoms with van der Waals surface area (Å²) in [6.07, 6.45) is 6.11. The maximum atomic E-state index is 3.99. The Labute approximate surface area is 66.2 Å². The molecule has 3 heteroatoms. The molecule has 1 aliphatic heterocycles. The summed E-state index contributed by atoms with van der Waals surface area (Å²) in [6.45, 7) is 2.35. The lowest BCUT2D eigenvalue weighted by Gasteiger charge is -2.04. The molecule has 2 rings (SSSR count). The molecule has 2 heterocycles. The van der Waals surface area contributed by atoms with Crippen LogP contribution in [0.2, 0.25) is 0 Å². The summed E-state index contributed by atoms with van der Waals surface area (Å²) in [7, 11) is 0. The molecule has 0 aromatic carbocycles. The molecule has 1 atom stereocenters. The van der Waals surface area contributed by atoms with Crippen LogP contribution >= 0.6 is 0 Å². The van der Waals surface area contributed by atoms with Gasteiger partial charge < -0.3 is 10.3 Å². The number of rotatable bonds is 2. The Morgan fingerprint density at radius 2 is 2.64 bits per heavy atom. The molecule has 0 bridgehead atoms. The van der Waals surface area contributed by atoms with E-state index in [0.717, 1.165) is 12.3 Å². The second kappa shape index (κ2) is 3.05. The molecule has 1 aromatic rings. The summed E-state index contributed by atoms with van der Waals surface area (Å²) in [5.41, 5.74) is 1.26. The van der Waals surface area contributed by atoms with Gasteiger partial charge >= 0.3 is 0 Å². The van der Waals surface area contributed by atoms with Crippen LogP contribution in [0.4, 0.5) is 0 Å². The first-order valence-corrected chi connectivity index (χ1v) is 4.13. The van der Waals surface area contributed by atoms with Crippen molar-refractivity contribution in [2.75, 3.05) is 13.1 Å². The first-order chi connectivity index (χ1) is 5.45. The van der Waals surface area contributed by atoms with Gasteiger partial charge in [0.2, 0.25) is 0 Å². The van der Waals surface area contributed by atoms with Crippen molar-refractivity contribution in [3.8, 4) is 0 Å². The van der Waals surface area contributed by atoms with E-state index < -0.39 is 0 Å². The van der Waals surface area contributed by atoms with Crippen LogP contribution in [-0.4, -0.2) is 23.1 Å². The normalized spacial score (nSPS) is 24.2. The van der Waals surface area contributed by atoms with Crippen LogP contribution in [0.1, 0.15) is 12.1 Å². The molecular weight excluding hydrogens is 138 g/mol. The van der Waals surface area contributed by atoms with Gasteiger partial charge in [0.15, 0.2) is 0 Å². The maximum absolute atomic E-state index is 3.99. The SMILES string of the molecule is c1ncc(CC2CCNC2)[nH]1. The lowest BCUT2D eigenvalue weighted by atomic mass is 10.0. The van der Waals surface area contributed by atoms with E-state index in [1.165, 1.54) is 25.2 Å². The van der Waals surface area contributed by atoms with E-state index in [4.69, 9.17) is 0 Å². The summed E-state index contributed by atoms with van der Waals surface area (Å²) in [4.78, 5) is 7.11. The molecule has 0 saturated carbocycles. The minimum absolute atomic E-state index is 0.815. The topological polar surface area (TPSA) is 40.7 Å². The molecule has 3 nitrogen and oxygen atoms in total. The second-order valence-electron chi connectivity index (χ2n) is 3.14. The van der Waals surface area contributed by atoms with Crippen molar-refractivity contribution < 1.29 is 0 Å². The molecule has 2 N–H and O–H groups in total. The number of nitrogens with one attached hydrogen (secondary N) is 2. The van der Waals surface area contributed by atoms with Crippen LogP contribution in [0.5, 0.6) is 0 Å². The molecule has 1 aromatic heterocycles. The average Bonchev–Trinajstić information content (AvgIpc) is 2.60. The molecule has 1 fully saturated rings. The standard InChI is InChI=1S/C8H13N3/c1-2-9-4-7(1)3-8-5-10-6-11-8/h5-7,9H,1-4H2,(H,10,11). The van der Waals surface area contributed by atoms with Gasteiger partial charge in [-0.05, 0) is 31.8 Å². The Morgan fingerprint density at radius 1 is 1.64 bits per heavy atom. The fraction of sp³-hybridized carbons (Fsp3) is 0.625. The Bertz CT molecular complexity index is 199. The van der Waals surface area contributed by atoms with Gasteiger partial charge in [-0.1, -0.05) is 0 Å². The van der Waals surface area contributed by atoms with E-state index >= 15 is 0 Å². The molecule has 0 spiro atoms. The minimum atomic E-state index is 0.815. The first kappa shape index (κ1) is 6.85. The minimum Gasteiger partial charge on any atom is -0.348 e. The van der Waals surface area contributed by atoms with Gasteiger partial charge in [-0.3, -0.25) is 0 Å². The number of aromatic amines is 1. The Balaban J connectivity index is 1.90. The number of hydrogen-bond acceptors (Lipinski definition) is 2. The highest BCUT2D eigenvalue weighted by molar-refractivity contribution is 4.97. The predicted octanol–water partition coefficient (Wildman–Crippen LogP) is 0.562. The number of aromatic nitrogens is 2. The third kappa shape index (κ3) is 1.60. The lowest BCUT2D eigenvalue weighted by molar-refractivity contribution is 0.573. The molecule has 60 valence electrons. The van der Waals surface area contributed by atoms with E-state index in [9.17, 15) is 0 Å². The van der Waals surface area contributed by atoms with Crippen molar-refractivity contribution in [2.45, 2.75) is 12.8 Å². The Morgan fingerprint density at radius 3 is 3.27 bits per heavy atom. The van der Waals surface area contributed by atoms with Crippen LogP contribution in [0.15, 0.2) is 12.5 Å². The highest BCUT2D eigenvalue weighted by Crippen LogP contribution is 2.12. The summed E-state index contributed by atoms with van der Waals surface area (Å²) in [6, 6.07) is 0. The quantitative estimate of drug-likeness (QED) is 0.648. The van der Waals surface area contributed by atoms with Crippen molar-refractivity contribution in [1.82, 2.24) is 15.3 Å². The van der Waals surface area contributed by atoms with Gasteiger partial charge in [0.25, 0.3) is 0 Å². The third-order valence-corrected chi connectivity index (χ3v) is 2.23. The third-order valence-electron chi connectivity index (χ3n) is 2.23. The second-order valence-corrected chi connectivity index (χ2v) is 3.14. The van der Waals surface area contributed by atoms with E-state index in [0.29, 0.717) is 0 Å². The molecule has 0 amide bonds. The molecular formula is C8H13N3. The number of nitrogens with zero attached hydrogens (tertiary/aromatic N) is 1. The van der Waals surface area contributed by atoms with E-state index in [2.05, 4.69) is 15.3 Å². The summed E-state index contributed by atoms with van der Waals surface area (Å²) in [5, 5.41) is 3.35. The van der Waals surface area contributed by atoms with Crippen molar-refractivity contribution in [3.05, 3.63) is 18.2 Å². The molecule has 0 aliphatic carbocycles. The van der Waals surface area contributed by atoms with Crippen LogP contribution in [0.3, 0.4) is 0 Å². The van der Waals surface area contributed by atoms with Gasteiger partial charge in [0.05, 0.1) is 6.33 Å². The zero-order valence-corrected chi connectivity index (χ0v) is 6.51. The van der Waals surface area contributed by atoms with E-state index in [1.54, 1.807) is 6.33 Å². The smallest absolute Gasteiger partial charge is 0.0921 e. The summed E-state index contributed by atoms with van der Waals surface area (Å²) in [5.74, 6) is 0.815. The molecule has 11 heavy (non-hydrogen) atoms.